The van der Waals surface area contributed by atoms with Crippen molar-refractivity contribution in [2.75, 3.05) is 6.61 Å². The maximum Gasteiger partial charge on any atom is 0.0952 e. The first kappa shape index (κ1) is 19.9. The third-order valence-corrected chi connectivity index (χ3v) is 3.39. The zero-order chi connectivity index (χ0) is 15.1. The highest BCUT2D eigenvalue weighted by Gasteiger charge is 2.10. The Morgan fingerprint density at radius 3 is 1.40 bits per heavy atom. The van der Waals surface area contributed by atoms with Crippen molar-refractivity contribution in [3.8, 4) is 0 Å². The lowest BCUT2D eigenvalue weighted by molar-refractivity contribution is -0.348. The summed E-state index contributed by atoms with van der Waals surface area (Å²) in [7, 11) is 0. The number of rotatable bonds is 14. The van der Waals surface area contributed by atoms with Gasteiger partial charge in [-0.05, 0) is 27.2 Å². The van der Waals surface area contributed by atoms with Gasteiger partial charge in [-0.2, -0.15) is 0 Å². The molecule has 0 aromatic heterocycles. The van der Waals surface area contributed by atoms with E-state index in [0.717, 1.165) is 13.0 Å². The Morgan fingerprint density at radius 2 is 1.00 bits per heavy atom. The molecule has 0 saturated heterocycles. The minimum Gasteiger partial charge on any atom is -0.236 e. The Hall–Kier alpha value is -0.0800. The number of hydrogen-bond acceptors (Lipinski definition) is 2. The highest BCUT2D eigenvalue weighted by Crippen LogP contribution is 2.12. The molecule has 20 heavy (non-hydrogen) atoms. The summed E-state index contributed by atoms with van der Waals surface area (Å²) < 4.78 is 0. The summed E-state index contributed by atoms with van der Waals surface area (Å²) in [6, 6.07) is 0. The fraction of sp³-hybridized carbons (Fsp3) is 1.00. The van der Waals surface area contributed by atoms with Crippen LogP contribution in [0, 0.1) is 0 Å². The monoisotopic (exact) mass is 286 g/mol. The Bertz CT molecular complexity index is 184. The molecule has 0 radical (unpaired) electrons. The van der Waals surface area contributed by atoms with Gasteiger partial charge in [0.2, 0.25) is 0 Å². The summed E-state index contributed by atoms with van der Waals surface area (Å²) in [5.41, 5.74) is -0.183. The van der Waals surface area contributed by atoms with Gasteiger partial charge in [0.1, 0.15) is 0 Å². The van der Waals surface area contributed by atoms with E-state index >= 15 is 0 Å². The van der Waals surface area contributed by atoms with E-state index < -0.39 is 0 Å². The van der Waals surface area contributed by atoms with Crippen LogP contribution in [0.3, 0.4) is 0 Å². The maximum absolute atomic E-state index is 5.23. The van der Waals surface area contributed by atoms with Crippen molar-refractivity contribution in [1.29, 1.82) is 0 Å². The van der Waals surface area contributed by atoms with Gasteiger partial charge in [0.05, 0.1) is 12.2 Å². The van der Waals surface area contributed by atoms with Gasteiger partial charge in [0.25, 0.3) is 0 Å². The summed E-state index contributed by atoms with van der Waals surface area (Å²) in [6.45, 7) is 9.04. The molecule has 0 amide bonds. The highest BCUT2D eigenvalue weighted by atomic mass is 17.2. The summed E-state index contributed by atoms with van der Waals surface area (Å²) in [5.74, 6) is 0. The van der Waals surface area contributed by atoms with Gasteiger partial charge in [0.15, 0.2) is 0 Å². The first-order valence-corrected chi connectivity index (χ1v) is 8.87. The Labute approximate surface area is 127 Å². The van der Waals surface area contributed by atoms with Crippen molar-refractivity contribution in [1.82, 2.24) is 0 Å². The van der Waals surface area contributed by atoms with Gasteiger partial charge in [-0.15, -0.1) is 0 Å². The lowest BCUT2D eigenvalue weighted by Crippen LogP contribution is -2.19. The fourth-order valence-corrected chi connectivity index (χ4v) is 2.22. The molecule has 2 heteroatoms. The van der Waals surface area contributed by atoms with Crippen LogP contribution in [0.5, 0.6) is 0 Å². The molecule has 0 N–H and O–H groups in total. The lowest BCUT2D eigenvalue weighted by Gasteiger charge is -2.17. The molecule has 0 heterocycles. The molecule has 0 saturated carbocycles. The van der Waals surface area contributed by atoms with Crippen molar-refractivity contribution in [3.63, 3.8) is 0 Å². The van der Waals surface area contributed by atoms with E-state index in [0.29, 0.717) is 0 Å². The minimum atomic E-state index is -0.183. The number of unbranched alkanes of at least 4 members (excludes halogenated alkanes) is 11. The summed E-state index contributed by atoms with van der Waals surface area (Å²) in [6.07, 6.45) is 16.5. The van der Waals surface area contributed by atoms with Crippen LogP contribution in [0.1, 0.15) is 105 Å². The molecule has 2 nitrogen and oxygen atoms in total. The Balaban J connectivity index is 2.99. The van der Waals surface area contributed by atoms with Gasteiger partial charge in [0, 0.05) is 0 Å². The predicted molar refractivity (Wildman–Crippen MR) is 87.9 cm³/mol. The second kappa shape index (κ2) is 13.9. The predicted octanol–water partition coefficient (Wildman–Crippen LogP) is 6.43. The maximum atomic E-state index is 5.23. The zero-order valence-electron chi connectivity index (χ0n) is 14.5. The van der Waals surface area contributed by atoms with E-state index in [1.165, 1.54) is 70.6 Å². The molecule has 0 bridgehead atoms. The van der Waals surface area contributed by atoms with Gasteiger partial charge >= 0.3 is 0 Å². The Morgan fingerprint density at radius 1 is 0.600 bits per heavy atom. The molecule has 0 rings (SSSR count). The van der Waals surface area contributed by atoms with Crippen LogP contribution in [-0.4, -0.2) is 12.2 Å². The van der Waals surface area contributed by atoms with E-state index in [4.69, 9.17) is 9.78 Å². The van der Waals surface area contributed by atoms with Crippen LogP contribution in [0.2, 0.25) is 0 Å². The van der Waals surface area contributed by atoms with E-state index in [1.54, 1.807) is 0 Å². The molecule has 0 spiro atoms. The summed E-state index contributed by atoms with van der Waals surface area (Å²) >= 11 is 0. The molecule has 0 aromatic rings. The van der Waals surface area contributed by atoms with E-state index in [1.807, 2.05) is 20.8 Å². The quantitative estimate of drug-likeness (QED) is 0.208. The standard InChI is InChI=1S/C18H38O2/c1-5-6-7-8-9-10-11-12-13-14-15-16-17-19-20-18(2,3)4/h5-17H2,1-4H3. The second-order valence-electron chi connectivity index (χ2n) is 6.91. The average Bonchev–Trinajstić information content (AvgIpc) is 2.38. The first-order chi connectivity index (χ1) is 9.56. The average molecular weight is 286 g/mol. The second-order valence-corrected chi connectivity index (χ2v) is 6.91. The van der Waals surface area contributed by atoms with Crippen LogP contribution < -0.4 is 0 Å². The van der Waals surface area contributed by atoms with Crippen LogP contribution in [-0.2, 0) is 9.78 Å². The lowest BCUT2D eigenvalue weighted by atomic mass is 10.1. The molecule has 0 aliphatic carbocycles. The fourth-order valence-electron chi connectivity index (χ4n) is 2.22. The van der Waals surface area contributed by atoms with Gasteiger partial charge in [-0.25, -0.2) is 9.78 Å². The minimum absolute atomic E-state index is 0.183. The molecule has 0 aliphatic heterocycles. The third kappa shape index (κ3) is 17.9. The van der Waals surface area contributed by atoms with Crippen molar-refractivity contribution in [2.24, 2.45) is 0 Å². The molecule has 122 valence electrons. The summed E-state index contributed by atoms with van der Waals surface area (Å²) in [5, 5.41) is 0. The molecule has 0 aliphatic rings. The van der Waals surface area contributed by atoms with Gasteiger partial charge in [-0.3, -0.25) is 0 Å². The van der Waals surface area contributed by atoms with Gasteiger partial charge < -0.3 is 0 Å². The van der Waals surface area contributed by atoms with Crippen LogP contribution in [0.4, 0.5) is 0 Å². The zero-order valence-corrected chi connectivity index (χ0v) is 14.5. The van der Waals surface area contributed by atoms with E-state index in [9.17, 15) is 0 Å². The van der Waals surface area contributed by atoms with Crippen molar-refractivity contribution < 1.29 is 9.78 Å². The van der Waals surface area contributed by atoms with Crippen molar-refractivity contribution in [2.45, 2.75) is 110 Å². The third-order valence-electron chi connectivity index (χ3n) is 3.39. The van der Waals surface area contributed by atoms with Crippen molar-refractivity contribution in [3.05, 3.63) is 0 Å². The highest BCUT2D eigenvalue weighted by molar-refractivity contribution is 4.54. The molecule has 0 aromatic carbocycles. The largest absolute Gasteiger partial charge is 0.236 e. The molecular weight excluding hydrogens is 248 g/mol. The van der Waals surface area contributed by atoms with Crippen LogP contribution >= 0.6 is 0 Å². The molecule has 0 fully saturated rings. The van der Waals surface area contributed by atoms with Crippen LogP contribution in [0.25, 0.3) is 0 Å². The topological polar surface area (TPSA) is 18.5 Å². The van der Waals surface area contributed by atoms with E-state index in [-0.39, 0.29) is 5.60 Å². The van der Waals surface area contributed by atoms with Crippen molar-refractivity contribution >= 4 is 0 Å². The normalized spacial score (nSPS) is 12.0. The summed E-state index contributed by atoms with van der Waals surface area (Å²) in [4.78, 5) is 10.4. The molecule has 0 atom stereocenters. The first-order valence-electron chi connectivity index (χ1n) is 8.87. The number of hydrogen-bond donors (Lipinski definition) is 0. The van der Waals surface area contributed by atoms with Gasteiger partial charge in [-0.1, -0.05) is 77.6 Å². The SMILES string of the molecule is CCCCCCCCCCCCCCOOC(C)(C)C. The smallest absolute Gasteiger partial charge is 0.0952 e. The van der Waals surface area contributed by atoms with Crippen LogP contribution in [0.15, 0.2) is 0 Å². The van der Waals surface area contributed by atoms with E-state index in [2.05, 4.69) is 6.92 Å². The molecular formula is C18H38O2. The Kier molecular flexibility index (Phi) is 13.8. The molecule has 0 unspecified atom stereocenters.